The number of piperidine rings is 1. The van der Waals surface area contributed by atoms with Gasteiger partial charge < -0.3 is 9.88 Å². The maximum atomic E-state index is 12.8. The summed E-state index contributed by atoms with van der Waals surface area (Å²) in [7, 11) is 0. The summed E-state index contributed by atoms with van der Waals surface area (Å²) in [6.45, 7) is 6.39. The van der Waals surface area contributed by atoms with Crippen molar-refractivity contribution in [3.05, 3.63) is 49.3 Å². The number of rotatable bonds is 4. The second-order valence-electron chi connectivity index (χ2n) is 8.74. The minimum absolute atomic E-state index is 0.0464. The number of carbonyl (C=O) groups excluding carboxylic acids is 1. The molecule has 0 spiro atoms. The predicted octanol–water partition coefficient (Wildman–Crippen LogP) is 2.81. The Kier molecular flexibility index (Phi) is 5.04. The molecule has 1 N–H and O–H groups in total. The average Bonchev–Trinajstić information content (AvgIpc) is 3.51. The number of aromatic amines is 1. The van der Waals surface area contributed by atoms with Crippen LogP contribution in [-0.4, -0.2) is 45.3 Å². The third-order valence-corrected chi connectivity index (χ3v) is 7.64. The Morgan fingerprint density at radius 3 is 2.72 bits per heavy atom. The monoisotopic (exact) mass is 412 g/mol. The lowest BCUT2D eigenvalue weighted by molar-refractivity contribution is -0.133. The highest BCUT2D eigenvalue weighted by molar-refractivity contribution is 7.10. The van der Waals surface area contributed by atoms with E-state index in [-0.39, 0.29) is 17.4 Å². The van der Waals surface area contributed by atoms with Crippen LogP contribution in [0.1, 0.15) is 59.1 Å². The largest absolute Gasteiger partial charge is 0.337 e. The number of amides is 1. The zero-order valence-electron chi connectivity index (χ0n) is 16.9. The molecule has 0 unspecified atom stereocenters. The van der Waals surface area contributed by atoms with Crippen molar-refractivity contribution < 1.29 is 4.79 Å². The number of aromatic nitrogens is 2. The summed E-state index contributed by atoms with van der Waals surface area (Å²) in [5.41, 5.74) is 2.93. The maximum absolute atomic E-state index is 12.8. The summed E-state index contributed by atoms with van der Waals surface area (Å²) >= 11 is 1.84. The first-order valence-electron chi connectivity index (χ1n) is 10.7. The highest BCUT2D eigenvalue weighted by Gasteiger charge is 2.35. The van der Waals surface area contributed by atoms with Gasteiger partial charge in [0.2, 0.25) is 5.91 Å². The Labute approximate surface area is 175 Å². The summed E-state index contributed by atoms with van der Waals surface area (Å²) in [6, 6.07) is 2.19. The molecule has 7 heteroatoms. The highest BCUT2D eigenvalue weighted by Crippen LogP contribution is 2.33. The lowest BCUT2D eigenvalue weighted by atomic mass is 9.95. The number of nitrogens with zero attached hydrogens (tertiary/aromatic N) is 3. The summed E-state index contributed by atoms with van der Waals surface area (Å²) < 4.78 is 0. The van der Waals surface area contributed by atoms with Gasteiger partial charge in [-0.25, -0.2) is 4.98 Å². The lowest BCUT2D eigenvalue weighted by Gasteiger charge is -2.32. The molecule has 2 aromatic heterocycles. The molecule has 0 atom stereocenters. The van der Waals surface area contributed by atoms with E-state index in [2.05, 4.69) is 28.3 Å². The minimum atomic E-state index is -0.0464. The molecule has 2 fully saturated rings. The highest BCUT2D eigenvalue weighted by atomic mass is 32.1. The smallest absolute Gasteiger partial charge is 0.256 e. The van der Waals surface area contributed by atoms with Gasteiger partial charge in [-0.3, -0.25) is 14.5 Å². The topological polar surface area (TPSA) is 69.3 Å². The van der Waals surface area contributed by atoms with Gasteiger partial charge in [0.1, 0.15) is 5.82 Å². The van der Waals surface area contributed by atoms with E-state index in [1.54, 1.807) is 0 Å². The van der Waals surface area contributed by atoms with Gasteiger partial charge in [-0.05, 0) is 62.7 Å². The Morgan fingerprint density at radius 2 is 2.03 bits per heavy atom. The number of H-pyrrole nitrogens is 1. The zero-order valence-corrected chi connectivity index (χ0v) is 17.8. The fraction of sp³-hybridized carbons (Fsp3) is 0.591. The number of hydrogen-bond donors (Lipinski definition) is 1. The first-order chi connectivity index (χ1) is 14.1. The van der Waals surface area contributed by atoms with Gasteiger partial charge in [0.05, 0.1) is 17.8 Å². The van der Waals surface area contributed by atoms with Crippen LogP contribution < -0.4 is 5.56 Å². The maximum Gasteiger partial charge on any atom is 0.256 e. The fourth-order valence-electron chi connectivity index (χ4n) is 4.55. The van der Waals surface area contributed by atoms with Crippen molar-refractivity contribution in [3.63, 3.8) is 0 Å². The van der Waals surface area contributed by atoms with Crippen molar-refractivity contribution in [2.75, 3.05) is 19.6 Å². The van der Waals surface area contributed by atoms with Gasteiger partial charge in [-0.2, -0.15) is 0 Å². The van der Waals surface area contributed by atoms with E-state index in [9.17, 15) is 9.59 Å². The van der Waals surface area contributed by atoms with Crippen LogP contribution in [0.5, 0.6) is 0 Å². The summed E-state index contributed by atoms with van der Waals surface area (Å²) in [6.07, 6.45) is 4.75. The molecule has 6 nitrogen and oxygen atoms in total. The first kappa shape index (κ1) is 19.0. The molecule has 1 aliphatic carbocycles. The van der Waals surface area contributed by atoms with Crippen LogP contribution in [0.15, 0.2) is 16.2 Å². The number of aryl methyl sites for hydroxylation is 1. The Morgan fingerprint density at radius 1 is 1.24 bits per heavy atom. The molecule has 0 bridgehead atoms. The molecule has 1 amide bonds. The molecule has 3 aliphatic rings. The number of thiophene rings is 1. The summed E-state index contributed by atoms with van der Waals surface area (Å²) in [5.74, 6) is 1.58. The van der Waals surface area contributed by atoms with Crippen molar-refractivity contribution in [1.29, 1.82) is 0 Å². The first-order valence-corrected chi connectivity index (χ1v) is 11.6. The van der Waals surface area contributed by atoms with Crippen LogP contribution in [0, 0.1) is 12.8 Å². The predicted molar refractivity (Wildman–Crippen MR) is 113 cm³/mol. The standard InChI is InChI=1S/C22H28N4O2S/c1-14-7-11-29-19(14)13-25-8-4-15(5-9-25)20-23-18-6-10-26(22(28)16-2-3-16)12-17(18)21(27)24-20/h7,11,15-16H,2-6,8-10,12-13H2,1H3,(H,23,24,27). The number of hydrogen-bond acceptors (Lipinski definition) is 5. The van der Waals surface area contributed by atoms with Gasteiger partial charge in [0, 0.05) is 36.2 Å². The molecule has 2 aliphatic heterocycles. The molecule has 2 aromatic rings. The van der Waals surface area contributed by atoms with E-state index < -0.39 is 0 Å². The Hall–Kier alpha value is -1.99. The SMILES string of the molecule is Cc1ccsc1CN1CCC(c2nc3c(c(=O)[nH]2)CN(C(=O)C2CC2)CC3)CC1. The molecule has 1 saturated carbocycles. The van der Waals surface area contributed by atoms with Crippen molar-refractivity contribution in [3.8, 4) is 0 Å². The lowest BCUT2D eigenvalue weighted by Crippen LogP contribution is -2.41. The molecule has 154 valence electrons. The van der Waals surface area contributed by atoms with Gasteiger partial charge in [-0.1, -0.05) is 0 Å². The Bertz CT molecular complexity index is 969. The van der Waals surface area contributed by atoms with Crippen LogP contribution >= 0.6 is 11.3 Å². The fourth-order valence-corrected chi connectivity index (χ4v) is 5.50. The van der Waals surface area contributed by atoms with Gasteiger partial charge in [-0.15, -0.1) is 11.3 Å². The van der Waals surface area contributed by atoms with Crippen LogP contribution in [0.2, 0.25) is 0 Å². The molecule has 0 radical (unpaired) electrons. The molecule has 4 heterocycles. The quantitative estimate of drug-likeness (QED) is 0.838. The normalized spacial score (nSPS) is 20.7. The third kappa shape index (κ3) is 3.90. The minimum Gasteiger partial charge on any atom is -0.337 e. The summed E-state index contributed by atoms with van der Waals surface area (Å²) in [5, 5.41) is 2.17. The van der Waals surface area contributed by atoms with Crippen molar-refractivity contribution in [2.45, 2.75) is 58.0 Å². The van der Waals surface area contributed by atoms with Gasteiger partial charge >= 0.3 is 0 Å². The number of likely N-dealkylation sites (tertiary alicyclic amines) is 1. The third-order valence-electron chi connectivity index (χ3n) is 6.63. The molecule has 5 rings (SSSR count). The molecule has 29 heavy (non-hydrogen) atoms. The average molecular weight is 413 g/mol. The van der Waals surface area contributed by atoms with Gasteiger partial charge in [0.15, 0.2) is 0 Å². The van der Waals surface area contributed by atoms with Gasteiger partial charge in [0.25, 0.3) is 5.56 Å². The number of fused-ring (bicyclic) bond motifs is 1. The second kappa shape index (κ2) is 7.69. The molecular formula is C22H28N4O2S. The molecule has 1 saturated heterocycles. The van der Waals surface area contributed by atoms with E-state index in [0.29, 0.717) is 31.0 Å². The van der Waals surface area contributed by atoms with Crippen molar-refractivity contribution in [2.24, 2.45) is 5.92 Å². The Balaban J connectivity index is 1.25. The van der Waals surface area contributed by atoms with Crippen LogP contribution in [0.25, 0.3) is 0 Å². The van der Waals surface area contributed by atoms with Crippen molar-refractivity contribution >= 4 is 17.2 Å². The zero-order chi connectivity index (χ0) is 20.0. The molecular weight excluding hydrogens is 384 g/mol. The second-order valence-corrected chi connectivity index (χ2v) is 9.74. The van der Waals surface area contributed by atoms with Crippen LogP contribution in [-0.2, 0) is 24.3 Å². The van der Waals surface area contributed by atoms with Crippen LogP contribution in [0.4, 0.5) is 0 Å². The van der Waals surface area contributed by atoms with E-state index in [0.717, 1.165) is 56.8 Å². The van der Waals surface area contributed by atoms with E-state index >= 15 is 0 Å². The number of carbonyl (C=O) groups is 1. The van der Waals surface area contributed by atoms with Crippen molar-refractivity contribution in [1.82, 2.24) is 19.8 Å². The summed E-state index contributed by atoms with van der Waals surface area (Å²) in [4.78, 5) is 38.8. The number of nitrogens with one attached hydrogen (secondary N) is 1. The van der Waals surface area contributed by atoms with E-state index in [1.165, 1.54) is 10.4 Å². The van der Waals surface area contributed by atoms with E-state index in [4.69, 9.17) is 4.98 Å². The van der Waals surface area contributed by atoms with Crippen LogP contribution in [0.3, 0.4) is 0 Å². The van der Waals surface area contributed by atoms with E-state index in [1.807, 2.05) is 16.2 Å². The molecule has 0 aromatic carbocycles.